The first-order valence-corrected chi connectivity index (χ1v) is 3.99. The Morgan fingerprint density at radius 3 is 2.70 bits per heavy atom. The van der Waals surface area contributed by atoms with Crippen LogP contribution in [0.15, 0.2) is 0 Å². The largest absolute Gasteiger partial charge is 0.464 e. The van der Waals surface area contributed by atoms with Crippen molar-refractivity contribution >= 4 is 6.47 Å². The molecule has 0 saturated heterocycles. The smallest absolute Gasteiger partial charge is 0.293 e. The summed E-state index contributed by atoms with van der Waals surface area (Å²) in [5, 5.41) is 0. The first-order chi connectivity index (χ1) is 4.90. The molecule has 3 atom stereocenters. The van der Waals surface area contributed by atoms with Gasteiger partial charge in [-0.2, -0.15) is 0 Å². The average Bonchev–Trinajstić information content (AvgIpc) is 2.48. The second-order valence-electron chi connectivity index (χ2n) is 3.45. The maximum absolute atomic E-state index is 10.0. The maximum Gasteiger partial charge on any atom is 0.293 e. The molecule has 0 aromatic rings. The third-order valence-corrected chi connectivity index (χ3v) is 2.90. The quantitative estimate of drug-likeness (QED) is 0.541. The van der Waals surface area contributed by atoms with E-state index in [1.165, 1.54) is 19.3 Å². The number of fused-ring (bicyclic) bond motifs is 2. The predicted octanol–water partition coefficient (Wildman–Crippen LogP) is 1.35. The molecule has 2 heteroatoms. The van der Waals surface area contributed by atoms with Crippen LogP contribution in [0.5, 0.6) is 0 Å². The van der Waals surface area contributed by atoms with Crippen LogP contribution in [0.1, 0.15) is 25.7 Å². The Morgan fingerprint density at radius 2 is 2.20 bits per heavy atom. The fraction of sp³-hybridized carbons (Fsp3) is 0.875. The molecule has 2 saturated carbocycles. The summed E-state index contributed by atoms with van der Waals surface area (Å²) >= 11 is 0. The second-order valence-corrected chi connectivity index (χ2v) is 3.45. The highest BCUT2D eigenvalue weighted by Gasteiger charge is 2.40. The van der Waals surface area contributed by atoms with Crippen molar-refractivity contribution in [1.82, 2.24) is 0 Å². The zero-order valence-corrected chi connectivity index (χ0v) is 5.95. The first-order valence-electron chi connectivity index (χ1n) is 3.99. The molecule has 0 amide bonds. The molecule has 2 rings (SSSR count). The van der Waals surface area contributed by atoms with E-state index < -0.39 is 0 Å². The zero-order chi connectivity index (χ0) is 6.97. The summed E-state index contributed by atoms with van der Waals surface area (Å²) in [6.07, 6.45) is 5.35. The van der Waals surface area contributed by atoms with Crippen molar-refractivity contribution in [2.24, 2.45) is 11.8 Å². The second kappa shape index (κ2) is 2.26. The van der Waals surface area contributed by atoms with E-state index in [9.17, 15) is 4.79 Å². The molecule has 0 radical (unpaired) electrons. The van der Waals surface area contributed by atoms with Crippen molar-refractivity contribution < 1.29 is 9.53 Å². The van der Waals surface area contributed by atoms with Crippen molar-refractivity contribution in [2.45, 2.75) is 31.8 Å². The molecular weight excluding hydrogens is 128 g/mol. The molecule has 0 aromatic carbocycles. The molecule has 0 unspecified atom stereocenters. The minimum Gasteiger partial charge on any atom is -0.464 e. The van der Waals surface area contributed by atoms with E-state index in [0.717, 1.165) is 12.3 Å². The molecule has 0 aliphatic heterocycles. The lowest BCUT2D eigenvalue weighted by Gasteiger charge is -2.18. The standard InChI is InChI=1S/C8H12O2/c9-5-10-8-4-6-1-2-7(8)3-6/h5-8H,1-4H2/t6-,7-,8-/m0/s1. The van der Waals surface area contributed by atoms with Gasteiger partial charge in [0, 0.05) is 0 Å². The van der Waals surface area contributed by atoms with E-state index in [0.29, 0.717) is 12.4 Å². The molecule has 0 heterocycles. The van der Waals surface area contributed by atoms with E-state index in [4.69, 9.17) is 4.74 Å². The van der Waals surface area contributed by atoms with Crippen LogP contribution in [-0.4, -0.2) is 12.6 Å². The van der Waals surface area contributed by atoms with Gasteiger partial charge in [0.1, 0.15) is 6.10 Å². The van der Waals surface area contributed by atoms with Crippen molar-refractivity contribution in [2.75, 3.05) is 0 Å². The van der Waals surface area contributed by atoms with Gasteiger partial charge in [-0.15, -0.1) is 0 Å². The third-order valence-electron chi connectivity index (χ3n) is 2.90. The van der Waals surface area contributed by atoms with Gasteiger partial charge in [-0.3, -0.25) is 4.79 Å². The zero-order valence-electron chi connectivity index (χ0n) is 5.95. The van der Waals surface area contributed by atoms with Crippen LogP contribution in [0, 0.1) is 11.8 Å². The van der Waals surface area contributed by atoms with Crippen LogP contribution >= 0.6 is 0 Å². The molecule has 0 aromatic heterocycles. The van der Waals surface area contributed by atoms with Gasteiger partial charge in [-0.05, 0) is 37.5 Å². The highest BCUT2D eigenvalue weighted by atomic mass is 16.5. The molecule has 10 heavy (non-hydrogen) atoms. The summed E-state index contributed by atoms with van der Waals surface area (Å²) in [5.74, 6) is 1.57. The number of carbonyl (C=O) groups excluding carboxylic acids is 1. The molecular formula is C8H12O2. The van der Waals surface area contributed by atoms with Crippen LogP contribution in [-0.2, 0) is 9.53 Å². The Labute approximate surface area is 60.6 Å². The molecule has 56 valence electrons. The van der Waals surface area contributed by atoms with Crippen LogP contribution in [0.2, 0.25) is 0 Å². The first kappa shape index (κ1) is 6.20. The van der Waals surface area contributed by atoms with Gasteiger partial charge >= 0.3 is 0 Å². The number of hydrogen-bond acceptors (Lipinski definition) is 2. The Balaban J connectivity index is 1.95. The van der Waals surface area contributed by atoms with Crippen molar-refractivity contribution in [3.63, 3.8) is 0 Å². The van der Waals surface area contributed by atoms with E-state index >= 15 is 0 Å². The number of ether oxygens (including phenoxy) is 1. The molecule has 0 spiro atoms. The van der Waals surface area contributed by atoms with Gasteiger partial charge in [0.25, 0.3) is 6.47 Å². The third kappa shape index (κ3) is 0.825. The summed E-state index contributed by atoms with van der Waals surface area (Å²) in [4.78, 5) is 10.0. The average molecular weight is 140 g/mol. The normalized spacial score (nSPS) is 43.8. The number of carbonyl (C=O) groups is 1. The van der Waals surface area contributed by atoms with Gasteiger partial charge < -0.3 is 4.74 Å². The van der Waals surface area contributed by atoms with Gasteiger partial charge in [0.2, 0.25) is 0 Å². The number of hydrogen-bond donors (Lipinski definition) is 0. The lowest BCUT2D eigenvalue weighted by Crippen LogP contribution is -2.19. The Bertz CT molecular complexity index is 144. The molecule has 2 aliphatic carbocycles. The van der Waals surface area contributed by atoms with Crippen molar-refractivity contribution in [3.8, 4) is 0 Å². The molecule has 2 nitrogen and oxygen atoms in total. The van der Waals surface area contributed by atoms with Crippen molar-refractivity contribution in [3.05, 3.63) is 0 Å². The van der Waals surface area contributed by atoms with E-state index in [1.54, 1.807) is 0 Å². The van der Waals surface area contributed by atoms with E-state index in [1.807, 2.05) is 0 Å². The van der Waals surface area contributed by atoms with Gasteiger partial charge in [-0.25, -0.2) is 0 Å². The highest BCUT2D eigenvalue weighted by molar-refractivity contribution is 5.37. The van der Waals surface area contributed by atoms with Gasteiger partial charge in [-0.1, -0.05) is 0 Å². The van der Waals surface area contributed by atoms with Crippen LogP contribution in [0.4, 0.5) is 0 Å². The topological polar surface area (TPSA) is 26.3 Å². The predicted molar refractivity (Wildman–Crippen MR) is 36.4 cm³/mol. The Hall–Kier alpha value is -0.530. The molecule has 2 bridgehead atoms. The minimum atomic E-state index is 0.274. The molecule has 0 N–H and O–H groups in total. The summed E-state index contributed by atoms with van der Waals surface area (Å²) in [6.45, 7) is 0.603. The van der Waals surface area contributed by atoms with Gasteiger partial charge in [0.05, 0.1) is 0 Å². The highest BCUT2D eigenvalue weighted by Crippen LogP contribution is 2.45. The Kier molecular flexibility index (Phi) is 1.40. The fourth-order valence-electron chi connectivity index (χ4n) is 2.42. The summed E-state index contributed by atoms with van der Waals surface area (Å²) in [6, 6.07) is 0. The lowest BCUT2D eigenvalue weighted by molar-refractivity contribution is -0.135. The van der Waals surface area contributed by atoms with E-state index in [-0.39, 0.29) is 6.10 Å². The maximum atomic E-state index is 10.0. The summed E-state index contributed by atoms with van der Waals surface area (Å²) in [5.41, 5.74) is 0. The fourth-order valence-corrected chi connectivity index (χ4v) is 2.42. The molecule has 2 aliphatic rings. The summed E-state index contributed by atoms with van der Waals surface area (Å²) < 4.78 is 4.96. The lowest BCUT2D eigenvalue weighted by atomic mass is 9.98. The minimum absolute atomic E-state index is 0.274. The van der Waals surface area contributed by atoms with Gasteiger partial charge in [0.15, 0.2) is 0 Å². The van der Waals surface area contributed by atoms with E-state index in [2.05, 4.69) is 0 Å². The number of rotatable bonds is 2. The SMILES string of the molecule is O=CO[C@H]1C[C@H]2CC[C@H]1C2. The summed E-state index contributed by atoms with van der Waals surface area (Å²) in [7, 11) is 0. The van der Waals surface area contributed by atoms with Crippen molar-refractivity contribution in [1.29, 1.82) is 0 Å². The van der Waals surface area contributed by atoms with Crippen LogP contribution in [0.3, 0.4) is 0 Å². The van der Waals surface area contributed by atoms with Crippen LogP contribution < -0.4 is 0 Å². The Morgan fingerprint density at radius 1 is 1.30 bits per heavy atom. The monoisotopic (exact) mass is 140 g/mol. The molecule has 2 fully saturated rings. The van der Waals surface area contributed by atoms with Crippen LogP contribution in [0.25, 0.3) is 0 Å².